The number of anilines is 1. The van der Waals surface area contributed by atoms with Gasteiger partial charge in [0.2, 0.25) is 0 Å². The normalized spacial score (nSPS) is 19.7. The molecule has 82 valence electrons. The van der Waals surface area contributed by atoms with E-state index in [2.05, 4.69) is 43.4 Å². The van der Waals surface area contributed by atoms with Gasteiger partial charge in [0, 0.05) is 5.69 Å². The topological polar surface area (TPSA) is 32.3 Å². The van der Waals surface area contributed by atoms with Crippen LogP contribution in [0.1, 0.15) is 25.3 Å². The molecule has 2 nitrogen and oxygen atoms in total. The van der Waals surface area contributed by atoms with E-state index in [1.54, 1.807) is 0 Å². The SMILES string of the molecule is Cc1ccc(NC(C)(CO)C2CC2)cc1. The highest BCUT2D eigenvalue weighted by Gasteiger charge is 2.40. The van der Waals surface area contributed by atoms with Crippen LogP contribution >= 0.6 is 0 Å². The predicted octanol–water partition coefficient (Wildman–Crippen LogP) is 2.57. The molecule has 0 amide bonds. The van der Waals surface area contributed by atoms with Gasteiger partial charge in [-0.05, 0) is 44.7 Å². The lowest BCUT2D eigenvalue weighted by Gasteiger charge is -2.30. The highest BCUT2D eigenvalue weighted by atomic mass is 16.3. The zero-order valence-corrected chi connectivity index (χ0v) is 9.46. The van der Waals surface area contributed by atoms with E-state index in [0.29, 0.717) is 5.92 Å². The molecular weight excluding hydrogens is 186 g/mol. The maximum Gasteiger partial charge on any atom is 0.0661 e. The molecule has 15 heavy (non-hydrogen) atoms. The Labute approximate surface area is 91.3 Å². The maximum absolute atomic E-state index is 9.45. The van der Waals surface area contributed by atoms with E-state index in [4.69, 9.17) is 0 Å². The number of hydrogen-bond donors (Lipinski definition) is 2. The predicted molar refractivity (Wildman–Crippen MR) is 63.0 cm³/mol. The highest BCUT2D eigenvalue weighted by molar-refractivity contribution is 5.47. The van der Waals surface area contributed by atoms with E-state index in [0.717, 1.165) is 5.69 Å². The Kier molecular flexibility index (Phi) is 2.70. The third-order valence-electron chi connectivity index (χ3n) is 3.29. The number of aliphatic hydroxyl groups is 1. The maximum atomic E-state index is 9.45. The van der Waals surface area contributed by atoms with Crippen molar-refractivity contribution in [2.45, 2.75) is 32.2 Å². The van der Waals surface area contributed by atoms with Crippen molar-refractivity contribution in [1.29, 1.82) is 0 Å². The third-order valence-corrected chi connectivity index (χ3v) is 3.29. The molecule has 0 aromatic heterocycles. The van der Waals surface area contributed by atoms with Gasteiger partial charge >= 0.3 is 0 Å². The van der Waals surface area contributed by atoms with Crippen molar-refractivity contribution in [3.8, 4) is 0 Å². The lowest BCUT2D eigenvalue weighted by molar-refractivity contribution is 0.206. The van der Waals surface area contributed by atoms with Crippen molar-refractivity contribution in [2.75, 3.05) is 11.9 Å². The van der Waals surface area contributed by atoms with Crippen molar-refractivity contribution in [3.05, 3.63) is 29.8 Å². The largest absolute Gasteiger partial charge is 0.394 e. The highest BCUT2D eigenvalue weighted by Crippen LogP contribution is 2.41. The Morgan fingerprint density at radius 1 is 1.33 bits per heavy atom. The molecule has 1 saturated carbocycles. The molecule has 0 saturated heterocycles. The van der Waals surface area contributed by atoms with E-state index in [-0.39, 0.29) is 12.1 Å². The van der Waals surface area contributed by atoms with Gasteiger partial charge in [-0.3, -0.25) is 0 Å². The van der Waals surface area contributed by atoms with Crippen molar-refractivity contribution in [1.82, 2.24) is 0 Å². The van der Waals surface area contributed by atoms with Gasteiger partial charge in [0.1, 0.15) is 0 Å². The standard InChI is InChI=1S/C13H19NO/c1-10-3-7-12(8-4-10)14-13(2,9-15)11-5-6-11/h3-4,7-8,11,14-15H,5-6,9H2,1-2H3. The van der Waals surface area contributed by atoms with Crippen molar-refractivity contribution >= 4 is 5.69 Å². The molecule has 0 heterocycles. The molecule has 1 aromatic carbocycles. The van der Waals surface area contributed by atoms with E-state index < -0.39 is 0 Å². The molecule has 0 radical (unpaired) electrons. The van der Waals surface area contributed by atoms with Gasteiger partial charge < -0.3 is 10.4 Å². The molecule has 1 aromatic rings. The Morgan fingerprint density at radius 3 is 2.40 bits per heavy atom. The molecule has 2 rings (SSSR count). The number of aliphatic hydroxyl groups excluding tert-OH is 1. The molecule has 0 aliphatic heterocycles. The fourth-order valence-corrected chi connectivity index (χ4v) is 1.96. The summed E-state index contributed by atoms with van der Waals surface area (Å²) < 4.78 is 0. The number of hydrogen-bond acceptors (Lipinski definition) is 2. The fraction of sp³-hybridized carbons (Fsp3) is 0.538. The van der Waals surface area contributed by atoms with E-state index >= 15 is 0 Å². The van der Waals surface area contributed by atoms with Crippen molar-refractivity contribution in [2.24, 2.45) is 5.92 Å². The van der Waals surface area contributed by atoms with Gasteiger partial charge in [0.05, 0.1) is 12.1 Å². The fourth-order valence-electron chi connectivity index (χ4n) is 1.96. The van der Waals surface area contributed by atoms with Crippen LogP contribution in [0.2, 0.25) is 0 Å². The second-order valence-corrected chi connectivity index (χ2v) is 4.84. The Hall–Kier alpha value is -1.02. The first-order valence-electron chi connectivity index (χ1n) is 5.60. The van der Waals surface area contributed by atoms with E-state index in [1.165, 1.54) is 18.4 Å². The van der Waals surface area contributed by atoms with Gasteiger partial charge in [0.15, 0.2) is 0 Å². The summed E-state index contributed by atoms with van der Waals surface area (Å²) in [6.45, 7) is 4.38. The summed E-state index contributed by atoms with van der Waals surface area (Å²) in [6, 6.07) is 8.33. The Morgan fingerprint density at radius 2 is 1.93 bits per heavy atom. The number of benzene rings is 1. The number of nitrogens with one attached hydrogen (secondary N) is 1. The second kappa shape index (κ2) is 3.86. The first-order valence-corrected chi connectivity index (χ1v) is 5.60. The van der Waals surface area contributed by atoms with E-state index in [1.807, 2.05) is 0 Å². The molecule has 1 aliphatic rings. The molecule has 1 aliphatic carbocycles. The van der Waals surface area contributed by atoms with Crippen molar-refractivity contribution in [3.63, 3.8) is 0 Å². The zero-order chi connectivity index (χ0) is 10.9. The molecule has 1 atom stereocenters. The minimum Gasteiger partial charge on any atom is -0.394 e. The minimum atomic E-state index is -0.144. The lowest BCUT2D eigenvalue weighted by atomic mass is 9.96. The number of rotatable bonds is 4. The summed E-state index contributed by atoms with van der Waals surface area (Å²) in [5, 5.41) is 12.9. The van der Waals surface area contributed by atoms with Crippen LogP contribution in [0.4, 0.5) is 5.69 Å². The first kappa shape index (κ1) is 10.5. The van der Waals surface area contributed by atoms with Gasteiger partial charge in [0.25, 0.3) is 0 Å². The average Bonchev–Trinajstić information content (AvgIpc) is 3.05. The van der Waals surface area contributed by atoms with Crippen LogP contribution in [0.3, 0.4) is 0 Å². The average molecular weight is 205 g/mol. The molecule has 2 N–H and O–H groups in total. The third kappa shape index (κ3) is 2.32. The second-order valence-electron chi connectivity index (χ2n) is 4.84. The first-order chi connectivity index (χ1) is 7.14. The Balaban J connectivity index is 2.09. The van der Waals surface area contributed by atoms with Gasteiger partial charge in [-0.1, -0.05) is 17.7 Å². The van der Waals surface area contributed by atoms with Crippen molar-refractivity contribution < 1.29 is 5.11 Å². The van der Waals surface area contributed by atoms with Crippen LogP contribution in [-0.2, 0) is 0 Å². The quantitative estimate of drug-likeness (QED) is 0.791. The smallest absolute Gasteiger partial charge is 0.0661 e. The zero-order valence-electron chi connectivity index (χ0n) is 9.46. The molecule has 2 heteroatoms. The van der Waals surface area contributed by atoms with Gasteiger partial charge in [-0.15, -0.1) is 0 Å². The van der Waals surface area contributed by atoms with Gasteiger partial charge in [-0.2, -0.15) is 0 Å². The molecule has 0 spiro atoms. The van der Waals surface area contributed by atoms with Crippen LogP contribution in [0, 0.1) is 12.8 Å². The van der Waals surface area contributed by atoms with Crippen LogP contribution in [0.15, 0.2) is 24.3 Å². The van der Waals surface area contributed by atoms with Crippen LogP contribution in [0.25, 0.3) is 0 Å². The summed E-state index contributed by atoms with van der Waals surface area (Å²) in [5.74, 6) is 0.629. The van der Waals surface area contributed by atoms with Crippen LogP contribution in [0.5, 0.6) is 0 Å². The molecule has 0 bridgehead atoms. The summed E-state index contributed by atoms with van der Waals surface area (Å²) in [6.07, 6.45) is 2.46. The molecular formula is C13H19NO. The van der Waals surface area contributed by atoms with Gasteiger partial charge in [-0.25, -0.2) is 0 Å². The Bertz CT molecular complexity index is 329. The van der Waals surface area contributed by atoms with Crippen LogP contribution in [-0.4, -0.2) is 17.3 Å². The monoisotopic (exact) mass is 205 g/mol. The van der Waals surface area contributed by atoms with Crippen LogP contribution < -0.4 is 5.32 Å². The minimum absolute atomic E-state index is 0.144. The summed E-state index contributed by atoms with van der Waals surface area (Å²) in [7, 11) is 0. The molecule has 1 unspecified atom stereocenters. The van der Waals surface area contributed by atoms with E-state index in [9.17, 15) is 5.11 Å². The lowest BCUT2D eigenvalue weighted by Crippen LogP contribution is -2.41. The summed E-state index contributed by atoms with van der Waals surface area (Å²) in [4.78, 5) is 0. The summed E-state index contributed by atoms with van der Waals surface area (Å²) >= 11 is 0. The molecule has 1 fully saturated rings. The number of aryl methyl sites for hydroxylation is 1. The summed E-state index contributed by atoms with van der Waals surface area (Å²) in [5.41, 5.74) is 2.22.